The molecule has 1 aromatic rings. The molecule has 1 rings (SSSR count). The number of rotatable bonds is 9. The van der Waals surface area contributed by atoms with Crippen molar-refractivity contribution >= 4 is 17.7 Å². The molecule has 0 atom stereocenters. The van der Waals surface area contributed by atoms with E-state index in [0.717, 1.165) is 0 Å². The number of aliphatic carboxylic acids is 1. The number of hydrogen-bond donors (Lipinski definition) is 2. The van der Waals surface area contributed by atoms with E-state index in [1.807, 2.05) is 13.8 Å². The first-order valence-corrected chi connectivity index (χ1v) is 7.97. The summed E-state index contributed by atoms with van der Waals surface area (Å²) in [4.78, 5) is 35.0. The number of ketones is 1. The molecule has 0 aliphatic carbocycles. The lowest BCUT2D eigenvalue weighted by Crippen LogP contribution is -2.49. The third-order valence-electron chi connectivity index (χ3n) is 4.29. The van der Waals surface area contributed by atoms with Crippen LogP contribution >= 0.6 is 0 Å². The van der Waals surface area contributed by atoms with E-state index in [2.05, 4.69) is 5.32 Å². The maximum Gasteiger partial charge on any atom is 0.305 e. The first kappa shape index (κ1) is 19.7. The standard InChI is InChI=1S/C18H25NO5/c1-5-18(6-2,11-17(22)23)19-16(21)10-14-9-13(12(3)20)7-8-15(14)24-4/h7-9H,5-6,10-11H2,1-4H3,(H,19,21)(H,22,23). The van der Waals surface area contributed by atoms with Crippen molar-refractivity contribution < 1.29 is 24.2 Å². The summed E-state index contributed by atoms with van der Waals surface area (Å²) in [6.45, 7) is 5.16. The van der Waals surface area contributed by atoms with E-state index in [1.165, 1.54) is 14.0 Å². The molecule has 0 bridgehead atoms. The van der Waals surface area contributed by atoms with E-state index in [1.54, 1.807) is 18.2 Å². The molecule has 0 radical (unpaired) electrons. The highest BCUT2D eigenvalue weighted by Gasteiger charge is 2.31. The Kier molecular flexibility index (Phi) is 6.95. The largest absolute Gasteiger partial charge is 0.496 e. The lowest BCUT2D eigenvalue weighted by molar-refractivity contribution is -0.139. The SMILES string of the molecule is CCC(CC)(CC(=O)O)NC(=O)Cc1cc(C(C)=O)ccc1OC. The van der Waals surface area contributed by atoms with E-state index in [4.69, 9.17) is 9.84 Å². The van der Waals surface area contributed by atoms with Gasteiger partial charge in [-0.3, -0.25) is 14.4 Å². The average molecular weight is 335 g/mol. The number of methoxy groups -OCH3 is 1. The highest BCUT2D eigenvalue weighted by Crippen LogP contribution is 2.23. The number of carboxylic acid groups (broad SMARTS) is 1. The second-order valence-corrected chi connectivity index (χ2v) is 5.87. The van der Waals surface area contributed by atoms with Gasteiger partial charge < -0.3 is 15.2 Å². The fourth-order valence-corrected chi connectivity index (χ4v) is 2.66. The summed E-state index contributed by atoms with van der Waals surface area (Å²) in [5, 5.41) is 11.9. The van der Waals surface area contributed by atoms with Gasteiger partial charge in [0.15, 0.2) is 5.78 Å². The molecule has 1 amide bonds. The summed E-state index contributed by atoms with van der Waals surface area (Å²) in [6.07, 6.45) is 0.931. The normalized spacial score (nSPS) is 11.0. The van der Waals surface area contributed by atoms with Crippen molar-refractivity contribution in [3.05, 3.63) is 29.3 Å². The monoisotopic (exact) mass is 335 g/mol. The predicted octanol–water partition coefficient (Wildman–Crippen LogP) is 2.59. The zero-order valence-electron chi connectivity index (χ0n) is 14.6. The van der Waals surface area contributed by atoms with Crippen LogP contribution in [0.15, 0.2) is 18.2 Å². The van der Waals surface area contributed by atoms with Crippen LogP contribution in [-0.4, -0.2) is 35.4 Å². The Morgan fingerprint density at radius 3 is 2.29 bits per heavy atom. The highest BCUT2D eigenvalue weighted by atomic mass is 16.5. The summed E-state index contributed by atoms with van der Waals surface area (Å²) >= 11 is 0. The Morgan fingerprint density at radius 1 is 1.21 bits per heavy atom. The first-order chi connectivity index (χ1) is 11.3. The molecule has 1 aromatic carbocycles. The van der Waals surface area contributed by atoms with E-state index in [9.17, 15) is 14.4 Å². The second kappa shape index (κ2) is 8.47. The Hall–Kier alpha value is -2.37. The van der Waals surface area contributed by atoms with Gasteiger partial charge in [0.25, 0.3) is 0 Å². The molecule has 0 aliphatic heterocycles. The fraction of sp³-hybridized carbons (Fsp3) is 0.500. The van der Waals surface area contributed by atoms with Gasteiger partial charge in [0.05, 0.1) is 20.0 Å². The van der Waals surface area contributed by atoms with Crippen molar-refractivity contribution in [1.29, 1.82) is 0 Å². The Morgan fingerprint density at radius 2 is 1.83 bits per heavy atom. The number of ether oxygens (including phenoxy) is 1. The van der Waals surface area contributed by atoms with Gasteiger partial charge in [0.2, 0.25) is 5.91 Å². The second-order valence-electron chi connectivity index (χ2n) is 5.87. The van der Waals surface area contributed by atoms with Crippen molar-refractivity contribution in [3.8, 4) is 5.75 Å². The predicted molar refractivity (Wildman–Crippen MR) is 90.4 cm³/mol. The number of nitrogens with one attached hydrogen (secondary N) is 1. The summed E-state index contributed by atoms with van der Waals surface area (Å²) in [7, 11) is 1.50. The zero-order valence-corrected chi connectivity index (χ0v) is 14.6. The molecule has 132 valence electrons. The number of carboxylic acids is 1. The molecule has 0 saturated heterocycles. The van der Waals surface area contributed by atoms with Crippen LogP contribution < -0.4 is 10.1 Å². The van der Waals surface area contributed by atoms with Crippen molar-refractivity contribution in [3.63, 3.8) is 0 Å². The minimum absolute atomic E-state index is 0.0195. The van der Waals surface area contributed by atoms with Crippen LogP contribution in [0.4, 0.5) is 0 Å². The van der Waals surface area contributed by atoms with Crippen molar-refractivity contribution in [2.45, 2.75) is 52.0 Å². The molecule has 6 heteroatoms. The van der Waals surface area contributed by atoms with Crippen LogP contribution in [0.25, 0.3) is 0 Å². The molecule has 6 nitrogen and oxygen atoms in total. The minimum Gasteiger partial charge on any atom is -0.496 e. The Labute approximate surface area is 142 Å². The van der Waals surface area contributed by atoms with Gasteiger partial charge in [-0.2, -0.15) is 0 Å². The Bertz CT molecular complexity index is 620. The molecule has 0 unspecified atom stereocenters. The maximum absolute atomic E-state index is 12.4. The molecule has 2 N–H and O–H groups in total. The molecule has 0 saturated carbocycles. The van der Waals surface area contributed by atoms with Gasteiger partial charge in [0.1, 0.15) is 5.75 Å². The van der Waals surface area contributed by atoms with Crippen molar-refractivity contribution in [2.24, 2.45) is 0 Å². The van der Waals surface area contributed by atoms with E-state index >= 15 is 0 Å². The van der Waals surface area contributed by atoms with Gasteiger partial charge >= 0.3 is 5.97 Å². The van der Waals surface area contributed by atoms with Gasteiger partial charge in [-0.15, -0.1) is 0 Å². The number of Topliss-reactive ketones (excluding diaryl/α,β-unsaturated/α-hetero) is 1. The lowest BCUT2D eigenvalue weighted by atomic mass is 9.88. The van der Waals surface area contributed by atoms with E-state index in [-0.39, 0.29) is 24.5 Å². The van der Waals surface area contributed by atoms with E-state index < -0.39 is 11.5 Å². The molecule has 0 spiro atoms. The molecule has 0 fully saturated rings. The molecular formula is C18H25NO5. The third kappa shape index (κ3) is 5.08. The van der Waals surface area contributed by atoms with Crippen molar-refractivity contribution in [2.75, 3.05) is 7.11 Å². The molecule has 0 aromatic heterocycles. The smallest absolute Gasteiger partial charge is 0.305 e. The number of carbonyl (C=O) groups excluding carboxylic acids is 2. The summed E-state index contributed by atoms with van der Waals surface area (Å²) < 4.78 is 5.24. The molecule has 0 aliphatic rings. The van der Waals surface area contributed by atoms with Gasteiger partial charge in [-0.1, -0.05) is 13.8 Å². The zero-order chi connectivity index (χ0) is 18.3. The van der Waals surface area contributed by atoms with E-state index in [0.29, 0.717) is 29.7 Å². The summed E-state index contributed by atoms with van der Waals surface area (Å²) in [5.41, 5.74) is 0.328. The van der Waals surface area contributed by atoms with Crippen LogP contribution in [0.2, 0.25) is 0 Å². The van der Waals surface area contributed by atoms with Crippen LogP contribution in [0.1, 0.15) is 56.0 Å². The van der Waals surface area contributed by atoms with Crippen LogP contribution in [0.5, 0.6) is 5.75 Å². The number of benzene rings is 1. The van der Waals surface area contributed by atoms with Gasteiger partial charge in [0, 0.05) is 16.7 Å². The summed E-state index contributed by atoms with van der Waals surface area (Å²) in [6, 6.07) is 4.94. The topological polar surface area (TPSA) is 92.7 Å². The number of amides is 1. The van der Waals surface area contributed by atoms with Gasteiger partial charge in [-0.05, 0) is 38.0 Å². The minimum atomic E-state index is -0.949. The maximum atomic E-state index is 12.4. The number of carbonyl (C=O) groups is 3. The summed E-state index contributed by atoms with van der Waals surface area (Å²) in [5.74, 6) is -0.817. The van der Waals surface area contributed by atoms with Crippen molar-refractivity contribution in [1.82, 2.24) is 5.32 Å². The highest BCUT2D eigenvalue weighted by molar-refractivity contribution is 5.94. The Balaban J connectivity index is 2.99. The number of hydrogen-bond acceptors (Lipinski definition) is 4. The van der Waals surface area contributed by atoms with Crippen LogP contribution in [-0.2, 0) is 16.0 Å². The van der Waals surface area contributed by atoms with Crippen LogP contribution in [0, 0.1) is 0 Å². The molecular weight excluding hydrogens is 310 g/mol. The quantitative estimate of drug-likeness (QED) is 0.677. The fourth-order valence-electron chi connectivity index (χ4n) is 2.66. The van der Waals surface area contributed by atoms with Crippen LogP contribution in [0.3, 0.4) is 0 Å². The lowest BCUT2D eigenvalue weighted by Gasteiger charge is -2.31. The third-order valence-corrected chi connectivity index (χ3v) is 4.29. The molecule has 0 heterocycles. The molecule has 24 heavy (non-hydrogen) atoms. The first-order valence-electron chi connectivity index (χ1n) is 7.97. The average Bonchev–Trinajstić information content (AvgIpc) is 2.53. The van der Waals surface area contributed by atoms with Gasteiger partial charge in [-0.25, -0.2) is 0 Å².